The zero-order chi connectivity index (χ0) is 34.5. The Morgan fingerprint density at radius 1 is 0.980 bits per heavy atom. The summed E-state index contributed by atoms with van der Waals surface area (Å²) in [4.78, 5) is 26.5. The summed E-state index contributed by atoms with van der Waals surface area (Å²) in [6.45, 7) is 1.62. The number of carbonyl (C=O) groups is 2. The largest absolute Gasteiger partial charge is 0.493 e. The molecule has 2 N–H and O–H groups in total. The van der Waals surface area contributed by atoms with Gasteiger partial charge in [-0.25, -0.2) is 4.79 Å². The topological polar surface area (TPSA) is 119 Å². The van der Waals surface area contributed by atoms with E-state index < -0.39 is 18.1 Å². The monoisotopic (exact) mass is 671 g/mol. The van der Waals surface area contributed by atoms with Crippen molar-refractivity contribution in [1.82, 2.24) is 10.6 Å². The van der Waals surface area contributed by atoms with Gasteiger partial charge in [0.2, 0.25) is 5.91 Å². The third-order valence-corrected chi connectivity index (χ3v) is 9.99. The van der Waals surface area contributed by atoms with Crippen LogP contribution in [-0.2, 0) is 33.7 Å². The maximum atomic E-state index is 13.6. The number of carbonyl (C=O) groups excluding carboxylic acids is 2. The van der Waals surface area contributed by atoms with Gasteiger partial charge in [-0.15, -0.1) is 0 Å². The molecule has 4 aromatic rings. The standard InChI is InChI=1S/C41H41N3O6/c1-47-41(46)36(18-30-8-4-5-9-34(30)28-12-10-26(22-42)11-13-28)44-40(45)35-19-31-20-37-38(21-32(31)23-43-35)50-39(25-49-37)29-14-16-33(17-15-29)48-24-27-6-2-3-7-27/h4-5,8-17,20-21,27,35-36,39,43H,2-3,6-7,18-19,23-25H2,1H3,(H,44,45)/t35?,36-,39+/m0/s1. The van der Waals surface area contributed by atoms with Gasteiger partial charge in [0, 0.05) is 13.0 Å². The molecule has 0 saturated heterocycles. The van der Waals surface area contributed by atoms with E-state index in [1.807, 2.05) is 72.8 Å². The Morgan fingerprint density at radius 3 is 2.50 bits per heavy atom. The van der Waals surface area contributed by atoms with Crippen LogP contribution in [0.5, 0.6) is 17.2 Å². The summed E-state index contributed by atoms with van der Waals surface area (Å²) < 4.78 is 23.7. The summed E-state index contributed by atoms with van der Waals surface area (Å²) in [6, 6.07) is 27.7. The molecule has 50 heavy (non-hydrogen) atoms. The number of methoxy groups -OCH3 is 1. The number of benzene rings is 4. The molecule has 2 aliphatic heterocycles. The van der Waals surface area contributed by atoms with Gasteiger partial charge in [-0.2, -0.15) is 5.26 Å². The van der Waals surface area contributed by atoms with Gasteiger partial charge in [-0.05, 0) is 95.0 Å². The van der Waals surface area contributed by atoms with Gasteiger partial charge in [0.05, 0.1) is 31.4 Å². The first-order valence-corrected chi connectivity index (χ1v) is 17.4. The fourth-order valence-electron chi connectivity index (χ4n) is 7.13. The number of esters is 1. The first kappa shape index (κ1) is 33.2. The molecule has 2 heterocycles. The lowest BCUT2D eigenvalue weighted by molar-refractivity contribution is -0.145. The molecule has 1 unspecified atom stereocenters. The van der Waals surface area contributed by atoms with Gasteiger partial charge < -0.3 is 29.6 Å². The molecule has 1 fully saturated rings. The number of nitrogens with one attached hydrogen (secondary N) is 2. The average molecular weight is 672 g/mol. The summed E-state index contributed by atoms with van der Waals surface area (Å²) in [5.41, 5.74) is 6.33. The molecule has 0 spiro atoms. The van der Waals surface area contributed by atoms with Crippen LogP contribution in [0.25, 0.3) is 11.1 Å². The van der Waals surface area contributed by atoms with Crippen molar-refractivity contribution in [3.8, 4) is 34.4 Å². The summed E-state index contributed by atoms with van der Waals surface area (Å²) in [7, 11) is 1.32. The number of nitrogens with zero attached hydrogens (tertiary/aromatic N) is 1. The highest BCUT2D eigenvalue weighted by molar-refractivity contribution is 5.88. The van der Waals surface area contributed by atoms with Gasteiger partial charge in [-0.3, -0.25) is 4.79 Å². The van der Waals surface area contributed by atoms with Gasteiger partial charge in [0.25, 0.3) is 0 Å². The normalized spacial score (nSPS) is 18.7. The number of ether oxygens (including phenoxy) is 4. The van der Waals surface area contributed by atoms with Gasteiger partial charge in [0.15, 0.2) is 17.6 Å². The Morgan fingerprint density at radius 2 is 1.74 bits per heavy atom. The molecule has 9 nitrogen and oxygen atoms in total. The molecule has 256 valence electrons. The summed E-state index contributed by atoms with van der Waals surface area (Å²) >= 11 is 0. The van der Waals surface area contributed by atoms with Gasteiger partial charge in [0.1, 0.15) is 18.4 Å². The molecule has 0 aromatic heterocycles. The lowest BCUT2D eigenvalue weighted by Crippen LogP contribution is -2.53. The molecule has 0 radical (unpaired) electrons. The molecule has 1 aliphatic carbocycles. The number of hydrogen-bond acceptors (Lipinski definition) is 8. The predicted octanol–water partition coefficient (Wildman–Crippen LogP) is 6.22. The molecule has 1 amide bonds. The minimum absolute atomic E-state index is 0.239. The Balaban J connectivity index is 0.987. The molecule has 1 saturated carbocycles. The zero-order valence-corrected chi connectivity index (χ0v) is 28.2. The van der Waals surface area contributed by atoms with Crippen LogP contribution in [0.3, 0.4) is 0 Å². The van der Waals surface area contributed by atoms with Crippen LogP contribution < -0.4 is 24.8 Å². The first-order chi connectivity index (χ1) is 24.5. The average Bonchev–Trinajstić information content (AvgIpc) is 3.69. The molecule has 3 atom stereocenters. The van der Waals surface area contributed by atoms with E-state index in [-0.39, 0.29) is 18.4 Å². The molecule has 9 heteroatoms. The van der Waals surface area contributed by atoms with E-state index in [1.54, 1.807) is 12.1 Å². The first-order valence-electron chi connectivity index (χ1n) is 17.4. The molecule has 4 aromatic carbocycles. The van der Waals surface area contributed by atoms with Crippen molar-refractivity contribution in [2.75, 3.05) is 20.3 Å². The zero-order valence-electron chi connectivity index (χ0n) is 28.2. The number of amides is 1. The van der Waals surface area contributed by atoms with Crippen molar-refractivity contribution in [1.29, 1.82) is 5.26 Å². The maximum absolute atomic E-state index is 13.6. The Kier molecular flexibility index (Phi) is 9.99. The summed E-state index contributed by atoms with van der Waals surface area (Å²) in [5.74, 6) is 2.07. The van der Waals surface area contributed by atoms with Crippen molar-refractivity contribution >= 4 is 11.9 Å². The Hall–Kier alpha value is -5.33. The minimum Gasteiger partial charge on any atom is -0.493 e. The van der Waals surface area contributed by atoms with Crippen molar-refractivity contribution in [2.45, 2.75) is 63.3 Å². The number of hydrogen-bond donors (Lipinski definition) is 2. The van der Waals surface area contributed by atoms with Crippen LogP contribution in [0.4, 0.5) is 0 Å². The highest BCUT2D eigenvalue weighted by atomic mass is 16.6. The van der Waals surface area contributed by atoms with Crippen LogP contribution in [0.1, 0.15) is 59.6 Å². The SMILES string of the molecule is COC(=O)[C@H](Cc1ccccc1-c1ccc(C#N)cc1)NC(=O)C1Cc2cc3c(cc2CN1)O[C@@H](c1ccc(OCC2CCCC2)cc1)CO3. The molecule has 0 bridgehead atoms. The highest BCUT2D eigenvalue weighted by Gasteiger charge is 2.32. The van der Waals surface area contributed by atoms with Crippen LogP contribution in [0.15, 0.2) is 84.9 Å². The fraction of sp³-hybridized carbons (Fsp3) is 0.341. The smallest absolute Gasteiger partial charge is 0.328 e. The quantitative estimate of drug-likeness (QED) is 0.191. The van der Waals surface area contributed by atoms with E-state index in [4.69, 9.17) is 18.9 Å². The van der Waals surface area contributed by atoms with E-state index in [0.29, 0.717) is 42.6 Å². The number of rotatable bonds is 10. The summed E-state index contributed by atoms with van der Waals surface area (Å²) in [6.07, 6.45) is 5.56. The Labute approximate surface area is 292 Å². The van der Waals surface area contributed by atoms with Crippen molar-refractivity contribution in [3.63, 3.8) is 0 Å². The Bertz CT molecular complexity index is 1880. The number of fused-ring (bicyclic) bond motifs is 2. The van der Waals surface area contributed by atoms with E-state index in [9.17, 15) is 14.9 Å². The highest BCUT2D eigenvalue weighted by Crippen LogP contribution is 2.40. The minimum atomic E-state index is -0.889. The number of nitriles is 1. The van der Waals surface area contributed by atoms with Crippen LogP contribution >= 0.6 is 0 Å². The van der Waals surface area contributed by atoms with E-state index in [0.717, 1.165) is 45.7 Å². The van der Waals surface area contributed by atoms with Crippen molar-refractivity contribution < 1.29 is 28.5 Å². The maximum Gasteiger partial charge on any atom is 0.328 e. The van der Waals surface area contributed by atoms with Crippen LogP contribution in [0.2, 0.25) is 0 Å². The fourth-order valence-corrected chi connectivity index (χ4v) is 7.13. The molecular formula is C41H41N3O6. The second-order valence-corrected chi connectivity index (χ2v) is 13.3. The lowest BCUT2D eigenvalue weighted by atomic mass is 9.93. The van der Waals surface area contributed by atoms with Crippen molar-refractivity contribution in [2.24, 2.45) is 5.92 Å². The van der Waals surface area contributed by atoms with Crippen LogP contribution in [-0.4, -0.2) is 44.3 Å². The van der Waals surface area contributed by atoms with E-state index in [2.05, 4.69) is 16.7 Å². The second kappa shape index (κ2) is 15.1. The molecule has 3 aliphatic rings. The van der Waals surface area contributed by atoms with E-state index in [1.165, 1.54) is 32.8 Å². The van der Waals surface area contributed by atoms with E-state index >= 15 is 0 Å². The predicted molar refractivity (Wildman–Crippen MR) is 188 cm³/mol. The third-order valence-electron chi connectivity index (χ3n) is 9.99. The van der Waals surface area contributed by atoms with Crippen LogP contribution in [0, 0.1) is 17.2 Å². The van der Waals surface area contributed by atoms with Gasteiger partial charge >= 0.3 is 5.97 Å². The lowest BCUT2D eigenvalue weighted by Gasteiger charge is -2.31. The molecular weight excluding hydrogens is 630 g/mol. The van der Waals surface area contributed by atoms with Crippen molar-refractivity contribution in [3.05, 3.63) is 113 Å². The second-order valence-electron chi connectivity index (χ2n) is 13.3. The van der Waals surface area contributed by atoms with Gasteiger partial charge in [-0.1, -0.05) is 61.4 Å². The third kappa shape index (κ3) is 7.46. The molecule has 7 rings (SSSR count). The summed E-state index contributed by atoms with van der Waals surface area (Å²) in [5, 5.41) is 15.5.